The van der Waals surface area contributed by atoms with Gasteiger partial charge in [-0.3, -0.25) is 5.32 Å². The average Bonchev–Trinajstić information content (AvgIpc) is 2.95. The lowest BCUT2D eigenvalue weighted by Gasteiger charge is -2.30. The zero-order valence-electron chi connectivity index (χ0n) is 21.7. The predicted octanol–water partition coefficient (Wildman–Crippen LogP) is 5.13. The van der Waals surface area contributed by atoms with Crippen LogP contribution in [-0.4, -0.2) is 55.5 Å². The van der Waals surface area contributed by atoms with Crippen molar-refractivity contribution in [3.8, 4) is 17.4 Å². The Labute approximate surface area is 222 Å². The van der Waals surface area contributed by atoms with Crippen molar-refractivity contribution >= 4 is 28.6 Å². The number of hydrogen-bond donors (Lipinski definition) is 2. The minimum Gasteiger partial charge on any atom is -0.492 e. The van der Waals surface area contributed by atoms with Crippen molar-refractivity contribution in [3.63, 3.8) is 0 Å². The molecular weight excluding hydrogens is 482 g/mol. The first-order valence-electron chi connectivity index (χ1n) is 12.8. The summed E-state index contributed by atoms with van der Waals surface area (Å²) >= 11 is 0. The Kier molecular flexibility index (Phi) is 9.69. The maximum Gasteiger partial charge on any atom is 0.418 e. The van der Waals surface area contributed by atoms with Crippen LogP contribution in [0.5, 0.6) is 17.4 Å². The Morgan fingerprint density at radius 2 is 1.47 bits per heavy atom. The highest BCUT2D eigenvalue weighted by Crippen LogP contribution is 2.28. The van der Waals surface area contributed by atoms with Crippen molar-refractivity contribution in [2.75, 3.05) is 49.6 Å². The summed E-state index contributed by atoms with van der Waals surface area (Å²) in [5.74, 6) is 1.93. The molecule has 1 amide bonds. The lowest BCUT2D eigenvalue weighted by Crippen LogP contribution is -2.43. The topological polar surface area (TPSA) is 97.8 Å². The van der Waals surface area contributed by atoms with Crippen LogP contribution in [0, 0.1) is 0 Å². The van der Waals surface area contributed by atoms with Gasteiger partial charge in [0.1, 0.15) is 11.5 Å². The maximum atomic E-state index is 12.0. The molecule has 1 fully saturated rings. The third-order valence-corrected chi connectivity index (χ3v) is 5.62. The molecule has 5 rings (SSSR count). The Balaban J connectivity index is 0.000000194. The van der Waals surface area contributed by atoms with Gasteiger partial charge in [0.25, 0.3) is 5.88 Å². The zero-order valence-corrected chi connectivity index (χ0v) is 21.7. The van der Waals surface area contributed by atoms with Crippen LogP contribution in [0.4, 0.5) is 16.3 Å². The summed E-state index contributed by atoms with van der Waals surface area (Å²) in [7, 11) is 0. The van der Waals surface area contributed by atoms with Crippen molar-refractivity contribution in [2.24, 2.45) is 0 Å². The molecule has 1 aliphatic rings. The molecule has 9 nitrogen and oxygen atoms in total. The fourth-order valence-corrected chi connectivity index (χ4v) is 3.92. The molecule has 0 spiro atoms. The number of nitrogens with one attached hydrogen (secondary N) is 2. The summed E-state index contributed by atoms with van der Waals surface area (Å²) in [6, 6.07) is 24.4. The van der Waals surface area contributed by atoms with Crippen LogP contribution in [-0.2, 0) is 0 Å². The molecule has 1 aromatic heterocycles. The quantitative estimate of drug-likeness (QED) is 0.349. The van der Waals surface area contributed by atoms with E-state index in [1.807, 2.05) is 56.3 Å². The summed E-state index contributed by atoms with van der Waals surface area (Å²) < 4.78 is 16.3. The lowest BCUT2D eigenvalue weighted by molar-refractivity contribution is 0.215. The molecule has 9 heteroatoms. The second-order valence-corrected chi connectivity index (χ2v) is 8.26. The monoisotopic (exact) mass is 515 g/mol. The normalized spacial score (nSPS) is 12.7. The Bertz CT molecular complexity index is 1310. The van der Waals surface area contributed by atoms with E-state index >= 15 is 0 Å². The molecule has 3 aromatic carbocycles. The van der Waals surface area contributed by atoms with Gasteiger partial charge in [-0.2, -0.15) is 0 Å². The van der Waals surface area contributed by atoms with Crippen molar-refractivity contribution in [1.82, 2.24) is 15.3 Å². The number of piperazine rings is 1. The van der Waals surface area contributed by atoms with Crippen molar-refractivity contribution < 1.29 is 19.0 Å². The number of aromatic nitrogens is 2. The van der Waals surface area contributed by atoms with Gasteiger partial charge in [-0.1, -0.05) is 42.5 Å². The summed E-state index contributed by atoms with van der Waals surface area (Å²) in [6.45, 7) is 9.23. The predicted molar refractivity (Wildman–Crippen MR) is 149 cm³/mol. The van der Waals surface area contributed by atoms with E-state index in [1.165, 1.54) is 5.69 Å². The molecule has 1 aliphatic heterocycles. The fraction of sp³-hybridized carbons (Fsp3) is 0.276. The van der Waals surface area contributed by atoms with E-state index in [0.717, 1.165) is 38.5 Å². The summed E-state index contributed by atoms with van der Waals surface area (Å²) in [5, 5.41) is 5.93. The number of nitrogens with zero attached hydrogens (tertiary/aromatic N) is 3. The second-order valence-electron chi connectivity index (χ2n) is 8.26. The third-order valence-electron chi connectivity index (χ3n) is 5.62. The van der Waals surface area contributed by atoms with Gasteiger partial charge in [-0.25, -0.2) is 14.8 Å². The minimum atomic E-state index is -0.651. The molecule has 0 unspecified atom stereocenters. The van der Waals surface area contributed by atoms with Crippen LogP contribution < -0.4 is 29.7 Å². The molecule has 0 aliphatic carbocycles. The Hall–Kier alpha value is -4.37. The number of hydrogen-bond acceptors (Lipinski definition) is 8. The molecule has 0 bridgehead atoms. The molecule has 0 radical (unpaired) electrons. The minimum absolute atomic E-state index is 0.228. The molecule has 2 N–H and O–H groups in total. The first kappa shape index (κ1) is 26.7. The molecule has 2 heterocycles. The highest BCUT2D eigenvalue weighted by Gasteiger charge is 2.15. The summed E-state index contributed by atoms with van der Waals surface area (Å²) in [6.07, 6.45) is -0.651. The van der Waals surface area contributed by atoms with Crippen LogP contribution in [0.1, 0.15) is 13.8 Å². The van der Waals surface area contributed by atoms with Gasteiger partial charge in [0.2, 0.25) is 0 Å². The molecule has 0 atom stereocenters. The molecule has 4 aromatic rings. The number of para-hydroxylation sites is 5. The number of amides is 1. The Morgan fingerprint density at radius 1 is 0.842 bits per heavy atom. The van der Waals surface area contributed by atoms with Gasteiger partial charge in [0.05, 0.1) is 29.9 Å². The first-order valence-corrected chi connectivity index (χ1v) is 12.8. The van der Waals surface area contributed by atoms with Crippen molar-refractivity contribution in [3.05, 3.63) is 78.9 Å². The largest absolute Gasteiger partial charge is 0.492 e. The maximum absolute atomic E-state index is 12.0. The van der Waals surface area contributed by atoms with Crippen molar-refractivity contribution in [2.45, 2.75) is 13.8 Å². The van der Waals surface area contributed by atoms with Gasteiger partial charge in [-0.15, -0.1) is 0 Å². The van der Waals surface area contributed by atoms with Gasteiger partial charge < -0.3 is 24.4 Å². The SMILES string of the molecule is CCOc1ccccc1N1CCNCC1.CCOc1nc2ccccc2nc1NC(=O)Oc1ccccc1. The van der Waals surface area contributed by atoms with Gasteiger partial charge in [-0.05, 0) is 50.2 Å². The molecule has 0 saturated carbocycles. The van der Waals surface area contributed by atoms with E-state index in [-0.39, 0.29) is 11.7 Å². The number of anilines is 2. The zero-order chi connectivity index (χ0) is 26.6. The third kappa shape index (κ3) is 7.33. The molecular formula is C29H33N5O4. The smallest absolute Gasteiger partial charge is 0.418 e. The number of carbonyl (C=O) groups is 1. The van der Waals surface area contributed by atoms with Crippen LogP contribution in [0.2, 0.25) is 0 Å². The standard InChI is InChI=1S/C17H15N3O3.C12H18N2O/c1-2-22-16-15(18-13-10-6-7-11-14(13)19-16)20-17(21)23-12-8-4-3-5-9-12;1-2-15-12-6-4-3-5-11(12)14-9-7-13-8-10-14/h3-11H,2H2,1H3,(H,18,20,21);3-6,13H,2,7-10H2,1H3. The summed E-state index contributed by atoms with van der Waals surface area (Å²) in [4.78, 5) is 23.1. The van der Waals surface area contributed by atoms with E-state index < -0.39 is 6.09 Å². The number of carbonyl (C=O) groups excluding carboxylic acids is 1. The van der Waals surface area contributed by atoms with Crippen molar-refractivity contribution in [1.29, 1.82) is 0 Å². The van der Waals surface area contributed by atoms with Crippen LogP contribution in [0.15, 0.2) is 78.9 Å². The van der Waals surface area contributed by atoms with E-state index in [9.17, 15) is 4.79 Å². The van der Waals surface area contributed by atoms with E-state index in [0.29, 0.717) is 23.4 Å². The van der Waals surface area contributed by atoms with E-state index in [4.69, 9.17) is 14.2 Å². The highest BCUT2D eigenvalue weighted by atomic mass is 16.6. The fourth-order valence-electron chi connectivity index (χ4n) is 3.92. The van der Waals surface area contributed by atoms with Gasteiger partial charge in [0.15, 0.2) is 5.82 Å². The van der Waals surface area contributed by atoms with Crippen LogP contribution in [0.25, 0.3) is 11.0 Å². The van der Waals surface area contributed by atoms with Gasteiger partial charge in [0, 0.05) is 26.2 Å². The first-order chi connectivity index (χ1) is 18.7. The van der Waals surface area contributed by atoms with E-state index in [2.05, 4.69) is 37.6 Å². The number of fused-ring (bicyclic) bond motifs is 1. The Morgan fingerprint density at radius 3 is 2.18 bits per heavy atom. The number of benzene rings is 3. The number of rotatable bonds is 7. The van der Waals surface area contributed by atoms with Gasteiger partial charge >= 0.3 is 6.09 Å². The average molecular weight is 516 g/mol. The molecule has 1 saturated heterocycles. The summed E-state index contributed by atoms with van der Waals surface area (Å²) in [5.41, 5.74) is 2.57. The number of ether oxygens (including phenoxy) is 3. The van der Waals surface area contributed by atoms with E-state index in [1.54, 1.807) is 24.3 Å². The molecule has 38 heavy (non-hydrogen) atoms. The molecule has 198 valence electrons. The van der Waals surface area contributed by atoms with Crippen LogP contribution >= 0.6 is 0 Å². The van der Waals surface area contributed by atoms with Crippen LogP contribution in [0.3, 0.4) is 0 Å². The lowest BCUT2D eigenvalue weighted by atomic mass is 10.2. The highest BCUT2D eigenvalue weighted by molar-refractivity contribution is 5.88. The second kappa shape index (κ2) is 13.8.